The van der Waals surface area contributed by atoms with Crippen molar-refractivity contribution in [1.29, 1.82) is 0 Å². The van der Waals surface area contributed by atoms with Gasteiger partial charge >= 0.3 is 0 Å². The number of anilines is 2. The molecule has 0 radical (unpaired) electrons. The molecule has 2 atom stereocenters. The molecular formula is C12H20BrN5. The predicted molar refractivity (Wildman–Crippen MR) is 77.1 cm³/mol. The minimum atomic E-state index is 0.473. The van der Waals surface area contributed by atoms with Crippen LogP contribution in [-0.2, 0) is 0 Å². The molecule has 1 saturated carbocycles. The van der Waals surface area contributed by atoms with Crippen molar-refractivity contribution in [3.05, 3.63) is 10.8 Å². The Kier molecular flexibility index (Phi) is 4.40. The number of halogens is 1. The SMILES string of the molecule is CC1CC(C)CC(Nc2ncnc(NN)c2Br)C1. The van der Waals surface area contributed by atoms with Gasteiger partial charge in [-0.1, -0.05) is 13.8 Å². The van der Waals surface area contributed by atoms with Crippen molar-refractivity contribution in [3.8, 4) is 0 Å². The van der Waals surface area contributed by atoms with Crippen molar-refractivity contribution < 1.29 is 0 Å². The van der Waals surface area contributed by atoms with Crippen molar-refractivity contribution in [3.63, 3.8) is 0 Å². The average molecular weight is 314 g/mol. The standard InChI is InChI=1S/C12H20BrN5/c1-7-3-8(2)5-9(4-7)17-11-10(13)12(18-14)16-6-15-11/h6-9H,3-5,14H2,1-2H3,(H2,15,16,17,18). The highest BCUT2D eigenvalue weighted by Crippen LogP contribution is 2.32. The maximum absolute atomic E-state index is 5.40. The lowest BCUT2D eigenvalue weighted by molar-refractivity contribution is 0.280. The summed E-state index contributed by atoms with van der Waals surface area (Å²) in [6.45, 7) is 4.62. The van der Waals surface area contributed by atoms with Crippen molar-refractivity contribution in [1.82, 2.24) is 9.97 Å². The average Bonchev–Trinajstić information content (AvgIpc) is 2.30. The van der Waals surface area contributed by atoms with E-state index in [2.05, 4.69) is 50.5 Å². The molecule has 1 aliphatic rings. The summed E-state index contributed by atoms with van der Waals surface area (Å²) in [4.78, 5) is 8.31. The molecule has 2 unspecified atom stereocenters. The van der Waals surface area contributed by atoms with E-state index in [9.17, 15) is 0 Å². The van der Waals surface area contributed by atoms with Crippen LogP contribution in [0.25, 0.3) is 0 Å². The minimum absolute atomic E-state index is 0.473. The van der Waals surface area contributed by atoms with Crippen LogP contribution in [0.2, 0.25) is 0 Å². The first-order chi connectivity index (χ1) is 8.60. The van der Waals surface area contributed by atoms with E-state index < -0.39 is 0 Å². The first-order valence-corrected chi connectivity index (χ1v) is 7.13. The number of aromatic nitrogens is 2. The van der Waals surface area contributed by atoms with Crippen molar-refractivity contribution in [2.45, 2.75) is 39.2 Å². The second kappa shape index (κ2) is 5.84. The van der Waals surface area contributed by atoms with Crippen LogP contribution in [-0.4, -0.2) is 16.0 Å². The van der Waals surface area contributed by atoms with E-state index in [0.29, 0.717) is 11.9 Å². The molecule has 0 spiro atoms. The molecule has 1 fully saturated rings. The lowest BCUT2D eigenvalue weighted by Gasteiger charge is -2.32. The van der Waals surface area contributed by atoms with E-state index in [1.807, 2.05) is 0 Å². The molecule has 0 saturated heterocycles. The topological polar surface area (TPSA) is 75.9 Å². The third kappa shape index (κ3) is 3.11. The molecule has 6 heteroatoms. The van der Waals surface area contributed by atoms with Crippen molar-refractivity contribution >= 4 is 27.6 Å². The quantitative estimate of drug-likeness (QED) is 0.591. The van der Waals surface area contributed by atoms with Gasteiger partial charge < -0.3 is 10.7 Å². The minimum Gasteiger partial charge on any atom is -0.366 e. The van der Waals surface area contributed by atoms with Crippen LogP contribution in [0.4, 0.5) is 11.6 Å². The smallest absolute Gasteiger partial charge is 0.159 e. The highest BCUT2D eigenvalue weighted by Gasteiger charge is 2.24. The fourth-order valence-corrected chi connectivity index (χ4v) is 3.26. The largest absolute Gasteiger partial charge is 0.366 e. The van der Waals surface area contributed by atoms with Gasteiger partial charge in [0.05, 0.1) is 0 Å². The number of rotatable bonds is 3. The lowest BCUT2D eigenvalue weighted by atomic mass is 9.80. The Hall–Kier alpha value is -0.880. The predicted octanol–water partition coefficient (Wildman–Crippen LogP) is 2.76. The van der Waals surface area contributed by atoms with Gasteiger partial charge in [-0.15, -0.1) is 0 Å². The number of nitrogens with one attached hydrogen (secondary N) is 2. The fraction of sp³-hybridized carbons (Fsp3) is 0.667. The van der Waals surface area contributed by atoms with Gasteiger partial charge in [-0.05, 0) is 47.0 Å². The van der Waals surface area contributed by atoms with Gasteiger partial charge in [0, 0.05) is 6.04 Å². The molecule has 1 aromatic rings. The van der Waals surface area contributed by atoms with Gasteiger partial charge in [-0.3, -0.25) is 0 Å². The first-order valence-electron chi connectivity index (χ1n) is 6.33. The molecule has 0 amide bonds. The number of nitrogen functional groups attached to an aromatic ring is 1. The number of hydrazine groups is 1. The Morgan fingerprint density at radius 2 is 1.78 bits per heavy atom. The Bertz CT molecular complexity index is 401. The van der Waals surface area contributed by atoms with E-state index in [0.717, 1.165) is 22.1 Å². The number of hydrogen-bond donors (Lipinski definition) is 3. The maximum atomic E-state index is 5.40. The van der Waals surface area contributed by atoms with Crippen LogP contribution < -0.4 is 16.6 Å². The Morgan fingerprint density at radius 3 is 2.39 bits per heavy atom. The van der Waals surface area contributed by atoms with Crippen LogP contribution in [0.5, 0.6) is 0 Å². The number of nitrogens with two attached hydrogens (primary N) is 1. The summed E-state index contributed by atoms with van der Waals surface area (Å²) in [6.07, 6.45) is 5.20. The third-order valence-corrected chi connectivity index (χ3v) is 4.20. The highest BCUT2D eigenvalue weighted by molar-refractivity contribution is 9.10. The summed E-state index contributed by atoms with van der Waals surface area (Å²) < 4.78 is 0.790. The van der Waals surface area contributed by atoms with E-state index in [1.165, 1.54) is 25.6 Å². The van der Waals surface area contributed by atoms with E-state index in [-0.39, 0.29) is 0 Å². The van der Waals surface area contributed by atoms with Gasteiger partial charge in [0.25, 0.3) is 0 Å². The van der Waals surface area contributed by atoms with Gasteiger partial charge in [-0.2, -0.15) is 0 Å². The molecule has 2 rings (SSSR count). The molecule has 5 nitrogen and oxygen atoms in total. The summed E-state index contributed by atoms with van der Waals surface area (Å²) in [5.74, 6) is 8.34. The summed E-state index contributed by atoms with van der Waals surface area (Å²) in [6, 6.07) is 0.473. The van der Waals surface area contributed by atoms with Crippen molar-refractivity contribution in [2.75, 3.05) is 10.7 Å². The zero-order valence-corrected chi connectivity index (χ0v) is 12.4. The van der Waals surface area contributed by atoms with Crippen LogP contribution in [0, 0.1) is 11.8 Å². The summed E-state index contributed by atoms with van der Waals surface area (Å²) in [5, 5.41) is 3.49. The van der Waals surface area contributed by atoms with Crippen LogP contribution in [0.15, 0.2) is 10.8 Å². The molecule has 1 aromatic heterocycles. The second-order valence-corrected chi connectivity index (χ2v) is 6.08. The molecule has 1 heterocycles. The van der Waals surface area contributed by atoms with Crippen LogP contribution in [0.1, 0.15) is 33.1 Å². The number of hydrogen-bond acceptors (Lipinski definition) is 5. The Balaban J connectivity index is 2.09. The second-order valence-electron chi connectivity index (χ2n) is 5.29. The maximum Gasteiger partial charge on any atom is 0.159 e. The molecule has 1 aliphatic carbocycles. The molecule has 100 valence electrons. The highest BCUT2D eigenvalue weighted by atomic mass is 79.9. The van der Waals surface area contributed by atoms with E-state index in [4.69, 9.17) is 5.84 Å². The summed E-state index contributed by atoms with van der Waals surface area (Å²) in [7, 11) is 0. The normalized spacial score (nSPS) is 27.9. The zero-order valence-electron chi connectivity index (χ0n) is 10.8. The van der Waals surface area contributed by atoms with Gasteiger partial charge in [0.2, 0.25) is 0 Å². The monoisotopic (exact) mass is 313 g/mol. The van der Waals surface area contributed by atoms with Gasteiger partial charge in [0.1, 0.15) is 16.6 Å². The molecule has 0 aromatic carbocycles. The zero-order chi connectivity index (χ0) is 13.1. The molecule has 4 N–H and O–H groups in total. The fourth-order valence-electron chi connectivity index (χ4n) is 2.83. The summed E-state index contributed by atoms with van der Waals surface area (Å²) >= 11 is 3.47. The van der Waals surface area contributed by atoms with E-state index >= 15 is 0 Å². The van der Waals surface area contributed by atoms with Gasteiger partial charge in [0.15, 0.2) is 5.82 Å². The lowest BCUT2D eigenvalue weighted by Crippen LogP contribution is -2.30. The molecule has 0 aliphatic heterocycles. The van der Waals surface area contributed by atoms with Gasteiger partial charge in [-0.25, -0.2) is 15.8 Å². The summed E-state index contributed by atoms with van der Waals surface area (Å²) in [5.41, 5.74) is 2.55. The first kappa shape index (κ1) is 13.5. The van der Waals surface area contributed by atoms with Crippen LogP contribution >= 0.6 is 15.9 Å². The molecule has 0 bridgehead atoms. The van der Waals surface area contributed by atoms with Crippen LogP contribution in [0.3, 0.4) is 0 Å². The Labute approximate surface area is 116 Å². The molecule has 18 heavy (non-hydrogen) atoms. The van der Waals surface area contributed by atoms with E-state index in [1.54, 1.807) is 0 Å². The molecular weight excluding hydrogens is 294 g/mol. The van der Waals surface area contributed by atoms with Crippen molar-refractivity contribution in [2.24, 2.45) is 17.7 Å². The number of nitrogens with zero attached hydrogens (tertiary/aromatic N) is 2. The Morgan fingerprint density at radius 1 is 1.17 bits per heavy atom. The third-order valence-electron chi connectivity index (χ3n) is 3.45.